The van der Waals surface area contributed by atoms with E-state index in [0.29, 0.717) is 11.6 Å². The number of nitrogens with one attached hydrogen (secondary N) is 1. The van der Waals surface area contributed by atoms with Crippen molar-refractivity contribution in [2.24, 2.45) is 11.8 Å². The summed E-state index contributed by atoms with van der Waals surface area (Å²) in [4.78, 5) is 11.6. The van der Waals surface area contributed by atoms with Gasteiger partial charge < -0.3 is 10.1 Å². The number of esters is 1. The van der Waals surface area contributed by atoms with Crippen molar-refractivity contribution in [3.63, 3.8) is 0 Å². The standard InChI is InChI=1S/C17H25NO2/c1-11-6-8-15(9-13(11)3)18-16-10-14(17(19)20-4)7-5-12(16)2/h5,7,10-11,13,15,18H,6,8-9H2,1-4H3. The lowest BCUT2D eigenvalue weighted by molar-refractivity contribution is 0.0601. The van der Waals surface area contributed by atoms with Crippen LogP contribution in [0, 0.1) is 18.8 Å². The Balaban J connectivity index is 2.10. The highest BCUT2D eigenvalue weighted by Gasteiger charge is 2.24. The molecular weight excluding hydrogens is 250 g/mol. The molecule has 20 heavy (non-hydrogen) atoms. The van der Waals surface area contributed by atoms with Crippen LogP contribution in [0.3, 0.4) is 0 Å². The van der Waals surface area contributed by atoms with Gasteiger partial charge in [0.25, 0.3) is 0 Å². The van der Waals surface area contributed by atoms with Crippen molar-refractivity contribution < 1.29 is 9.53 Å². The Bertz CT molecular complexity index is 484. The van der Waals surface area contributed by atoms with Gasteiger partial charge in [-0.15, -0.1) is 0 Å². The second-order valence-corrected chi connectivity index (χ2v) is 6.13. The highest BCUT2D eigenvalue weighted by molar-refractivity contribution is 5.90. The van der Waals surface area contributed by atoms with Crippen LogP contribution in [0.25, 0.3) is 0 Å². The van der Waals surface area contributed by atoms with Crippen molar-refractivity contribution in [3.8, 4) is 0 Å². The van der Waals surface area contributed by atoms with E-state index in [0.717, 1.165) is 17.5 Å². The van der Waals surface area contributed by atoms with Crippen LogP contribution in [0.15, 0.2) is 18.2 Å². The molecule has 1 aromatic rings. The number of hydrogen-bond donors (Lipinski definition) is 1. The lowest BCUT2D eigenvalue weighted by Gasteiger charge is -2.33. The van der Waals surface area contributed by atoms with Gasteiger partial charge in [0.15, 0.2) is 0 Å². The van der Waals surface area contributed by atoms with E-state index in [9.17, 15) is 4.79 Å². The Morgan fingerprint density at radius 2 is 2.00 bits per heavy atom. The molecule has 110 valence electrons. The van der Waals surface area contributed by atoms with Crippen molar-refractivity contribution in [2.75, 3.05) is 12.4 Å². The largest absolute Gasteiger partial charge is 0.465 e. The zero-order valence-electron chi connectivity index (χ0n) is 12.9. The first-order chi connectivity index (χ1) is 9.51. The van der Waals surface area contributed by atoms with Gasteiger partial charge >= 0.3 is 5.97 Å². The topological polar surface area (TPSA) is 38.3 Å². The predicted octanol–water partition coefficient (Wildman–Crippen LogP) is 4.02. The van der Waals surface area contributed by atoms with E-state index in [2.05, 4.69) is 26.1 Å². The Morgan fingerprint density at radius 1 is 1.25 bits per heavy atom. The number of aryl methyl sites for hydroxylation is 1. The molecule has 3 nitrogen and oxygen atoms in total. The molecule has 1 aliphatic rings. The summed E-state index contributed by atoms with van der Waals surface area (Å²) in [6, 6.07) is 6.21. The zero-order valence-corrected chi connectivity index (χ0v) is 12.9. The fraction of sp³-hybridized carbons (Fsp3) is 0.588. The van der Waals surface area contributed by atoms with Gasteiger partial charge in [-0.05, 0) is 55.7 Å². The molecule has 1 fully saturated rings. The highest BCUT2D eigenvalue weighted by atomic mass is 16.5. The number of carbonyl (C=O) groups excluding carboxylic acids is 1. The summed E-state index contributed by atoms with van der Waals surface area (Å²) in [5, 5.41) is 3.61. The summed E-state index contributed by atoms with van der Waals surface area (Å²) >= 11 is 0. The normalized spacial score (nSPS) is 26.1. The monoisotopic (exact) mass is 275 g/mol. The third kappa shape index (κ3) is 3.33. The minimum absolute atomic E-state index is 0.279. The predicted molar refractivity (Wildman–Crippen MR) is 82.1 cm³/mol. The van der Waals surface area contributed by atoms with Crippen LogP contribution >= 0.6 is 0 Å². The molecule has 1 aliphatic carbocycles. The van der Waals surface area contributed by atoms with Crippen LogP contribution in [0.4, 0.5) is 5.69 Å². The van der Waals surface area contributed by atoms with Gasteiger partial charge in [0, 0.05) is 11.7 Å². The van der Waals surface area contributed by atoms with Crippen molar-refractivity contribution >= 4 is 11.7 Å². The number of carbonyl (C=O) groups is 1. The smallest absolute Gasteiger partial charge is 0.337 e. The lowest BCUT2D eigenvalue weighted by atomic mass is 9.79. The Morgan fingerprint density at radius 3 is 2.65 bits per heavy atom. The van der Waals surface area contributed by atoms with Gasteiger partial charge in [-0.2, -0.15) is 0 Å². The van der Waals surface area contributed by atoms with Crippen molar-refractivity contribution in [1.82, 2.24) is 0 Å². The Labute approximate surface area is 121 Å². The maximum Gasteiger partial charge on any atom is 0.337 e. The van der Waals surface area contributed by atoms with Gasteiger partial charge in [-0.1, -0.05) is 19.9 Å². The Hall–Kier alpha value is -1.51. The first kappa shape index (κ1) is 14.9. The van der Waals surface area contributed by atoms with Crippen LogP contribution in [0.5, 0.6) is 0 Å². The van der Waals surface area contributed by atoms with Crippen LogP contribution in [-0.4, -0.2) is 19.1 Å². The van der Waals surface area contributed by atoms with E-state index in [-0.39, 0.29) is 5.97 Å². The van der Waals surface area contributed by atoms with Crippen LogP contribution in [-0.2, 0) is 4.74 Å². The summed E-state index contributed by atoms with van der Waals surface area (Å²) in [6.07, 6.45) is 3.67. The van der Waals surface area contributed by atoms with Crippen LogP contribution in [0.2, 0.25) is 0 Å². The number of ether oxygens (including phenoxy) is 1. The number of methoxy groups -OCH3 is 1. The highest BCUT2D eigenvalue weighted by Crippen LogP contribution is 2.31. The molecule has 3 unspecified atom stereocenters. The molecule has 1 N–H and O–H groups in total. The molecule has 1 aromatic carbocycles. The molecule has 0 aromatic heterocycles. The summed E-state index contributed by atoms with van der Waals surface area (Å²) in [6.45, 7) is 6.73. The average molecular weight is 275 g/mol. The number of hydrogen-bond acceptors (Lipinski definition) is 3. The summed E-state index contributed by atoms with van der Waals surface area (Å²) in [5.74, 6) is 1.29. The van der Waals surface area contributed by atoms with Crippen LogP contribution in [0.1, 0.15) is 49.0 Å². The molecule has 0 bridgehead atoms. The number of benzene rings is 1. The van der Waals surface area contributed by atoms with Gasteiger partial charge in [0.2, 0.25) is 0 Å². The zero-order chi connectivity index (χ0) is 14.7. The molecule has 3 heteroatoms. The fourth-order valence-corrected chi connectivity index (χ4v) is 2.92. The van der Waals surface area contributed by atoms with E-state index in [1.54, 1.807) is 0 Å². The lowest BCUT2D eigenvalue weighted by Crippen LogP contribution is -2.30. The van der Waals surface area contributed by atoms with Gasteiger partial charge in [-0.3, -0.25) is 0 Å². The van der Waals surface area contributed by atoms with Crippen molar-refractivity contribution in [3.05, 3.63) is 29.3 Å². The van der Waals surface area contributed by atoms with E-state index in [4.69, 9.17) is 4.74 Å². The maximum atomic E-state index is 11.6. The summed E-state index contributed by atoms with van der Waals surface area (Å²) < 4.78 is 4.79. The first-order valence-electron chi connectivity index (χ1n) is 7.46. The first-order valence-corrected chi connectivity index (χ1v) is 7.46. The molecule has 0 aliphatic heterocycles. The van der Waals surface area contributed by atoms with Crippen molar-refractivity contribution in [2.45, 2.75) is 46.1 Å². The molecule has 3 atom stereocenters. The van der Waals surface area contributed by atoms with E-state index < -0.39 is 0 Å². The third-order valence-electron chi connectivity index (χ3n) is 4.62. The third-order valence-corrected chi connectivity index (χ3v) is 4.62. The molecule has 0 spiro atoms. The van der Waals surface area contributed by atoms with E-state index in [1.165, 1.54) is 31.9 Å². The number of rotatable bonds is 3. The quantitative estimate of drug-likeness (QED) is 0.847. The minimum Gasteiger partial charge on any atom is -0.465 e. The average Bonchev–Trinajstić information content (AvgIpc) is 2.44. The second-order valence-electron chi connectivity index (χ2n) is 6.13. The van der Waals surface area contributed by atoms with Crippen molar-refractivity contribution in [1.29, 1.82) is 0 Å². The SMILES string of the molecule is COC(=O)c1ccc(C)c(NC2CCC(C)C(C)C2)c1. The molecule has 0 radical (unpaired) electrons. The summed E-state index contributed by atoms with van der Waals surface area (Å²) in [7, 11) is 1.42. The molecular formula is C17H25NO2. The minimum atomic E-state index is -0.279. The van der Waals surface area contributed by atoms with Gasteiger partial charge in [0.1, 0.15) is 0 Å². The second kappa shape index (κ2) is 6.29. The maximum absolute atomic E-state index is 11.6. The molecule has 0 saturated heterocycles. The van der Waals surface area contributed by atoms with E-state index >= 15 is 0 Å². The van der Waals surface area contributed by atoms with Gasteiger partial charge in [0.05, 0.1) is 12.7 Å². The molecule has 1 saturated carbocycles. The molecule has 2 rings (SSSR count). The summed E-state index contributed by atoms with van der Waals surface area (Å²) in [5.41, 5.74) is 2.83. The number of anilines is 1. The Kier molecular flexibility index (Phi) is 4.69. The van der Waals surface area contributed by atoms with Gasteiger partial charge in [-0.25, -0.2) is 4.79 Å². The van der Waals surface area contributed by atoms with Crippen LogP contribution < -0.4 is 5.32 Å². The molecule has 0 heterocycles. The fourth-order valence-electron chi connectivity index (χ4n) is 2.92. The molecule has 0 amide bonds. The van der Waals surface area contributed by atoms with E-state index in [1.807, 2.05) is 18.2 Å².